The first-order valence-electron chi connectivity index (χ1n) is 11.1. The average molecular weight is 427 g/mol. The normalized spacial score (nSPS) is 34.9. The van der Waals surface area contributed by atoms with Crippen LogP contribution in [0.2, 0.25) is 0 Å². The van der Waals surface area contributed by atoms with E-state index in [-0.39, 0.29) is 30.2 Å². The first-order valence-corrected chi connectivity index (χ1v) is 11.1. The maximum atomic E-state index is 14.6. The second kappa shape index (κ2) is 7.03. The zero-order chi connectivity index (χ0) is 22.8. The lowest BCUT2D eigenvalue weighted by atomic mass is 9.56. The zero-order valence-corrected chi connectivity index (χ0v) is 18.7. The fourth-order valence-corrected chi connectivity index (χ4v) is 6.28. The number of alkyl halides is 1. The summed E-state index contributed by atoms with van der Waals surface area (Å²) in [6.07, 6.45) is 2.21. The predicted molar refractivity (Wildman–Crippen MR) is 116 cm³/mol. The summed E-state index contributed by atoms with van der Waals surface area (Å²) in [6, 6.07) is 7.58. The number of nitrogens with two attached hydrogens (primary N) is 1. The number of aliphatic hydroxyl groups excluding tert-OH is 1. The molecule has 2 spiro atoms. The molecule has 31 heavy (non-hydrogen) atoms. The van der Waals surface area contributed by atoms with Crippen LogP contribution in [-0.4, -0.2) is 40.2 Å². The minimum Gasteiger partial charge on any atom is -0.393 e. The average Bonchev–Trinajstić information content (AvgIpc) is 3.10. The Morgan fingerprint density at radius 3 is 2.74 bits per heavy atom. The van der Waals surface area contributed by atoms with Gasteiger partial charge in [0.15, 0.2) is 11.5 Å². The van der Waals surface area contributed by atoms with E-state index in [0.29, 0.717) is 30.4 Å². The Kier molecular flexibility index (Phi) is 4.93. The highest BCUT2D eigenvalue weighted by molar-refractivity contribution is 6.08. The number of hydrogen-bond donors (Lipinski definition) is 2. The van der Waals surface area contributed by atoms with Gasteiger partial charge in [-0.25, -0.2) is 9.38 Å². The SMILES string of the molecule is CCC1CC2(Cc3ccc(C#N)cc3C23N=C(N)N(CC(C)(C)F)C3=O)CC(C)C1O. The molecule has 5 unspecified atom stereocenters. The van der Waals surface area contributed by atoms with Crippen molar-refractivity contribution in [3.8, 4) is 6.07 Å². The molecule has 0 saturated heterocycles. The molecule has 0 radical (unpaired) electrons. The van der Waals surface area contributed by atoms with Crippen LogP contribution in [0.1, 0.15) is 63.6 Å². The third kappa shape index (κ3) is 3.07. The van der Waals surface area contributed by atoms with Crippen molar-refractivity contribution >= 4 is 11.9 Å². The molecule has 1 aliphatic heterocycles. The van der Waals surface area contributed by atoms with Gasteiger partial charge in [-0.15, -0.1) is 0 Å². The van der Waals surface area contributed by atoms with E-state index in [2.05, 4.69) is 6.07 Å². The quantitative estimate of drug-likeness (QED) is 0.775. The van der Waals surface area contributed by atoms with Crippen LogP contribution in [0.4, 0.5) is 4.39 Å². The molecule has 1 aromatic rings. The number of fused-ring (bicyclic) bond motifs is 3. The number of aliphatic imine (C=N–C) groups is 1. The van der Waals surface area contributed by atoms with Gasteiger partial charge in [-0.1, -0.05) is 26.3 Å². The largest absolute Gasteiger partial charge is 0.393 e. The van der Waals surface area contributed by atoms with Crippen molar-refractivity contribution in [1.29, 1.82) is 5.26 Å². The molecule has 7 heteroatoms. The number of nitriles is 1. The van der Waals surface area contributed by atoms with Crippen LogP contribution in [0.3, 0.4) is 0 Å². The van der Waals surface area contributed by atoms with Gasteiger partial charge in [0, 0.05) is 5.41 Å². The Balaban J connectivity index is 1.92. The van der Waals surface area contributed by atoms with Crippen LogP contribution >= 0.6 is 0 Å². The van der Waals surface area contributed by atoms with Crippen molar-refractivity contribution in [2.24, 2.45) is 28.0 Å². The molecule has 3 aliphatic rings. The summed E-state index contributed by atoms with van der Waals surface area (Å²) < 4.78 is 14.6. The standard InChI is InChI=1S/C24H31FN4O2/c1-5-16-10-23(9-14(2)19(16)30)11-17-7-6-15(12-26)8-18(17)24(23)20(31)29(21(27)28-24)13-22(3,4)25/h6-8,14,16,19,30H,5,9-11,13H2,1-4H3,(H2,27,28). The molecule has 6 nitrogen and oxygen atoms in total. The van der Waals surface area contributed by atoms with E-state index in [1.54, 1.807) is 12.1 Å². The molecule has 0 bridgehead atoms. The second-order valence-electron chi connectivity index (χ2n) is 10.3. The number of amides is 1. The van der Waals surface area contributed by atoms with E-state index in [0.717, 1.165) is 12.0 Å². The summed E-state index contributed by atoms with van der Waals surface area (Å²) in [5, 5.41) is 20.3. The minimum atomic E-state index is -1.63. The Morgan fingerprint density at radius 1 is 1.42 bits per heavy atom. The fraction of sp³-hybridized carbons (Fsp3) is 0.625. The number of hydrogen-bond acceptors (Lipinski definition) is 5. The van der Waals surface area contributed by atoms with Gasteiger partial charge in [0.1, 0.15) is 5.67 Å². The molecule has 1 heterocycles. The summed E-state index contributed by atoms with van der Waals surface area (Å²) >= 11 is 0. The Hall–Kier alpha value is -2.46. The first-order chi connectivity index (χ1) is 14.5. The summed E-state index contributed by atoms with van der Waals surface area (Å²) in [5.74, 6) is -0.280. The third-order valence-electron chi connectivity index (χ3n) is 7.53. The lowest BCUT2D eigenvalue weighted by Crippen LogP contribution is -2.56. The van der Waals surface area contributed by atoms with Crippen molar-refractivity contribution < 1.29 is 14.3 Å². The minimum absolute atomic E-state index is 0.0174. The van der Waals surface area contributed by atoms with Crippen LogP contribution in [0.25, 0.3) is 0 Å². The Morgan fingerprint density at radius 2 is 2.13 bits per heavy atom. The number of halogens is 1. The maximum absolute atomic E-state index is 14.6. The van der Waals surface area contributed by atoms with Crippen LogP contribution in [0.5, 0.6) is 0 Å². The molecule has 2 aliphatic carbocycles. The van der Waals surface area contributed by atoms with E-state index >= 15 is 0 Å². The molecule has 1 amide bonds. The van der Waals surface area contributed by atoms with Crippen molar-refractivity contribution in [3.63, 3.8) is 0 Å². The highest BCUT2D eigenvalue weighted by atomic mass is 19.1. The smallest absolute Gasteiger partial charge is 0.262 e. The van der Waals surface area contributed by atoms with Gasteiger partial charge < -0.3 is 10.8 Å². The molecule has 166 valence electrons. The number of carbonyl (C=O) groups is 1. The van der Waals surface area contributed by atoms with Crippen molar-refractivity contribution in [2.75, 3.05) is 6.54 Å². The van der Waals surface area contributed by atoms with E-state index in [1.807, 2.05) is 19.9 Å². The van der Waals surface area contributed by atoms with E-state index < -0.39 is 22.7 Å². The van der Waals surface area contributed by atoms with Crippen LogP contribution < -0.4 is 5.73 Å². The lowest BCUT2D eigenvalue weighted by Gasteiger charge is -2.50. The molecular formula is C24H31FN4O2. The van der Waals surface area contributed by atoms with E-state index in [1.165, 1.54) is 18.7 Å². The molecule has 1 aromatic carbocycles. The highest BCUT2D eigenvalue weighted by Crippen LogP contribution is 2.63. The summed E-state index contributed by atoms with van der Waals surface area (Å²) in [4.78, 5) is 20.1. The van der Waals surface area contributed by atoms with Gasteiger partial charge in [-0.2, -0.15) is 5.26 Å². The van der Waals surface area contributed by atoms with Crippen LogP contribution in [0, 0.1) is 28.6 Å². The number of carbonyl (C=O) groups excluding carboxylic acids is 1. The van der Waals surface area contributed by atoms with Gasteiger partial charge in [-0.3, -0.25) is 9.69 Å². The molecule has 1 fully saturated rings. The second-order valence-corrected chi connectivity index (χ2v) is 10.3. The molecule has 3 N–H and O–H groups in total. The maximum Gasteiger partial charge on any atom is 0.262 e. The lowest BCUT2D eigenvalue weighted by molar-refractivity contribution is -0.142. The highest BCUT2D eigenvalue weighted by Gasteiger charge is 2.68. The molecule has 0 aromatic heterocycles. The fourth-order valence-electron chi connectivity index (χ4n) is 6.28. The molecular weight excluding hydrogens is 395 g/mol. The zero-order valence-electron chi connectivity index (χ0n) is 18.7. The van der Waals surface area contributed by atoms with Crippen molar-refractivity contribution in [2.45, 2.75) is 70.7 Å². The van der Waals surface area contributed by atoms with Crippen molar-refractivity contribution in [1.82, 2.24) is 4.90 Å². The summed E-state index contributed by atoms with van der Waals surface area (Å²) in [6.45, 7) is 6.71. The number of nitrogens with zero attached hydrogens (tertiary/aromatic N) is 3. The third-order valence-corrected chi connectivity index (χ3v) is 7.53. The number of benzene rings is 1. The number of guanidine groups is 1. The summed E-state index contributed by atoms with van der Waals surface area (Å²) in [7, 11) is 0. The van der Waals surface area contributed by atoms with Crippen LogP contribution in [0.15, 0.2) is 23.2 Å². The van der Waals surface area contributed by atoms with Gasteiger partial charge in [0.2, 0.25) is 0 Å². The summed E-state index contributed by atoms with van der Waals surface area (Å²) in [5.41, 5.74) is 4.90. The topological polar surface area (TPSA) is 103 Å². The first kappa shape index (κ1) is 21.8. The van der Waals surface area contributed by atoms with Crippen LogP contribution in [-0.2, 0) is 16.8 Å². The monoisotopic (exact) mass is 426 g/mol. The van der Waals surface area contributed by atoms with Gasteiger partial charge in [0.25, 0.3) is 5.91 Å². The molecule has 1 saturated carbocycles. The van der Waals surface area contributed by atoms with E-state index in [9.17, 15) is 19.6 Å². The number of rotatable bonds is 3. The van der Waals surface area contributed by atoms with Crippen molar-refractivity contribution in [3.05, 3.63) is 34.9 Å². The molecule has 5 atom stereocenters. The van der Waals surface area contributed by atoms with Gasteiger partial charge >= 0.3 is 0 Å². The number of aliphatic hydroxyl groups is 1. The van der Waals surface area contributed by atoms with Gasteiger partial charge in [-0.05, 0) is 68.2 Å². The Bertz CT molecular complexity index is 994. The Labute approximate surface area is 182 Å². The van der Waals surface area contributed by atoms with Gasteiger partial charge in [0.05, 0.1) is 24.3 Å². The predicted octanol–water partition coefficient (Wildman–Crippen LogP) is 3.02. The van der Waals surface area contributed by atoms with E-state index in [4.69, 9.17) is 10.7 Å². The molecule has 4 rings (SSSR count).